The summed E-state index contributed by atoms with van der Waals surface area (Å²) in [6.07, 6.45) is 5.34. The Morgan fingerprint density at radius 3 is 2.89 bits per heavy atom. The number of imidazole rings is 1. The lowest BCUT2D eigenvalue weighted by Gasteiger charge is -2.19. The lowest BCUT2D eigenvalue weighted by molar-refractivity contribution is -0.129. The van der Waals surface area contributed by atoms with E-state index in [1.165, 1.54) is 11.1 Å². The average molecular weight is 383 g/mol. The first-order valence-corrected chi connectivity index (χ1v) is 9.89. The fraction of sp³-hybridized carbons (Fsp3) is 0.476. The Bertz CT molecular complexity index is 828. The van der Waals surface area contributed by atoms with Crippen LogP contribution in [0.1, 0.15) is 36.7 Å². The quantitative estimate of drug-likeness (QED) is 0.591. The second-order valence-corrected chi connectivity index (χ2v) is 7.17. The van der Waals surface area contributed by atoms with Crippen molar-refractivity contribution < 1.29 is 4.79 Å². The van der Waals surface area contributed by atoms with Crippen LogP contribution in [0.3, 0.4) is 0 Å². The lowest BCUT2D eigenvalue weighted by Crippen LogP contribution is -2.44. The third kappa shape index (κ3) is 5.12. The van der Waals surface area contributed by atoms with Crippen molar-refractivity contribution in [3.05, 3.63) is 53.6 Å². The highest BCUT2D eigenvalue weighted by atomic mass is 16.2. The van der Waals surface area contributed by atoms with E-state index in [4.69, 9.17) is 0 Å². The number of likely N-dealkylation sites (tertiary alicyclic amines) is 1. The summed E-state index contributed by atoms with van der Waals surface area (Å²) in [5, 5.41) is 6.82. The van der Waals surface area contributed by atoms with Crippen LogP contribution in [0.4, 0.5) is 0 Å². The zero-order chi connectivity index (χ0) is 19.9. The zero-order valence-electron chi connectivity index (χ0n) is 17.0. The lowest BCUT2D eigenvalue weighted by atomic mass is 10.1. The Labute approximate surface area is 166 Å². The van der Waals surface area contributed by atoms with Gasteiger partial charge >= 0.3 is 0 Å². The van der Waals surface area contributed by atoms with Gasteiger partial charge in [0.2, 0.25) is 5.91 Å². The second kappa shape index (κ2) is 9.39. The van der Waals surface area contributed by atoms with Crippen molar-refractivity contribution in [2.24, 2.45) is 4.99 Å². The largest absolute Gasteiger partial charge is 0.352 e. The minimum Gasteiger partial charge on any atom is -0.352 e. The van der Waals surface area contributed by atoms with Crippen LogP contribution in [0.25, 0.3) is 0 Å². The van der Waals surface area contributed by atoms with Crippen molar-refractivity contribution in [2.75, 3.05) is 20.1 Å². The fourth-order valence-electron chi connectivity index (χ4n) is 3.51. The van der Waals surface area contributed by atoms with Crippen LogP contribution < -0.4 is 10.6 Å². The molecular formula is C21H30N6O. The second-order valence-electron chi connectivity index (χ2n) is 7.17. The third-order valence-electron chi connectivity index (χ3n) is 5.14. The molecule has 7 nitrogen and oxygen atoms in total. The summed E-state index contributed by atoms with van der Waals surface area (Å²) in [5.41, 5.74) is 2.44. The van der Waals surface area contributed by atoms with Gasteiger partial charge in [0.05, 0.1) is 0 Å². The molecule has 1 aliphatic heterocycles. The van der Waals surface area contributed by atoms with Crippen LogP contribution in [-0.2, 0) is 17.9 Å². The highest BCUT2D eigenvalue weighted by Gasteiger charge is 2.25. The van der Waals surface area contributed by atoms with Gasteiger partial charge in [-0.2, -0.15) is 0 Å². The number of aromatic nitrogens is 2. The molecule has 2 aromatic rings. The van der Waals surface area contributed by atoms with E-state index in [1.54, 1.807) is 7.05 Å². The zero-order valence-corrected chi connectivity index (χ0v) is 17.0. The van der Waals surface area contributed by atoms with Gasteiger partial charge in [-0.05, 0) is 24.5 Å². The topological polar surface area (TPSA) is 74.6 Å². The molecule has 0 saturated carbocycles. The first kappa shape index (κ1) is 19.9. The van der Waals surface area contributed by atoms with Crippen LogP contribution in [0.2, 0.25) is 0 Å². The van der Waals surface area contributed by atoms with Crippen molar-refractivity contribution in [1.29, 1.82) is 0 Å². The number of hydrogen-bond acceptors (Lipinski definition) is 3. The number of aliphatic imine (C=N–C) groups is 1. The van der Waals surface area contributed by atoms with E-state index in [1.807, 2.05) is 31.1 Å². The van der Waals surface area contributed by atoms with Gasteiger partial charge in [0.25, 0.3) is 0 Å². The molecule has 150 valence electrons. The van der Waals surface area contributed by atoms with Gasteiger partial charge in [-0.15, -0.1) is 0 Å². The molecule has 0 spiro atoms. The van der Waals surface area contributed by atoms with E-state index in [0.717, 1.165) is 37.8 Å². The number of carbonyl (C=O) groups is 1. The molecule has 0 bridgehead atoms. The van der Waals surface area contributed by atoms with Gasteiger partial charge in [0, 0.05) is 58.1 Å². The minimum absolute atomic E-state index is 0.220. The predicted octanol–water partition coefficient (Wildman–Crippen LogP) is 1.92. The number of amides is 1. The summed E-state index contributed by atoms with van der Waals surface area (Å²) in [5.74, 6) is 2.00. The van der Waals surface area contributed by atoms with Crippen LogP contribution in [0.15, 0.2) is 41.7 Å². The molecule has 1 fully saturated rings. The van der Waals surface area contributed by atoms with E-state index in [9.17, 15) is 4.79 Å². The first-order chi connectivity index (χ1) is 13.6. The first-order valence-electron chi connectivity index (χ1n) is 9.89. The van der Waals surface area contributed by atoms with Crippen molar-refractivity contribution in [1.82, 2.24) is 25.1 Å². The number of nitrogens with one attached hydrogen (secondary N) is 2. The summed E-state index contributed by atoms with van der Waals surface area (Å²) in [6, 6.07) is 8.78. The van der Waals surface area contributed by atoms with Gasteiger partial charge < -0.3 is 20.1 Å². The molecular weight excluding hydrogens is 352 g/mol. The maximum Gasteiger partial charge on any atom is 0.222 e. The molecule has 0 radical (unpaired) electrons. The van der Waals surface area contributed by atoms with Crippen molar-refractivity contribution in [2.45, 2.75) is 45.8 Å². The summed E-state index contributed by atoms with van der Waals surface area (Å²) in [6.45, 7) is 6.99. The Morgan fingerprint density at radius 2 is 2.18 bits per heavy atom. The van der Waals surface area contributed by atoms with Crippen molar-refractivity contribution in [3.8, 4) is 0 Å². The molecule has 1 unspecified atom stereocenters. The molecule has 1 aromatic carbocycles. The predicted molar refractivity (Wildman–Crippen MR) is 111 cm³/mol. The van der Waals surface area contributed by atoms with E-state index in [2.05, 4.69) is 49.4 Å². The summed E-state index contributed by atoms with van der Waals surface area (Å²) < 4.78 is 2.14. The van der Waals surface area contributed by atoms with Crippen molar-refractivity contribution in [3.63, 3.8) is 0 Å². The maximum atomic E-state index is 11.8. The Hall–Kier alpha value is -2.83. The molecule has 2 N–H and O–H groups in total. The maximum absolute atomic E-state index is 11.8. The number of aryl methyl sites for hydroxylation is 1. The van der Waals surface area contributed by atoms with Gasteiger partial charge in [-0.1, -0.05) is 31.2 Å². The molecule has 1 aliphatic rings. The average Bonchev–Trinajstić information content (AvgIpc) is 3.34. The molecule has 1 amide bonds. The van der Waals surface area contributed by atoms with Gasteiger partial charge in [0.15, 0.2) is 5.96 Å². The van der Waals surface area contributed by atoms with E-state index in [-0.39, 0.29) is 11.9 Å². The Morgan fingerprint density at radius 1 is 1.36 bits per heavy atom. The number of benzene rings is 1. The summed E-state index contributed by atoms with van der Waals surface area (Å²) in [4.78, 5) is 22.4. The van der Waals surface area contributed by atoms with Gasteiger partial charge in [-0.25, -0.2) is 4.98 Å². The monoisotopic (exact) mass is 382 g/mol. The van der Waals surface area contributed by atoms with E-state index < -0.39 is 0 Å². The third-order valence-corrected chi connectivity index (χ3v) is 5.14. The molecule has 3 rings (SSSR count). The van der Waals surface area contributed by atoms with Crippen LogP contribution >= 0.6 is 0 Å². The summed E-state index contributed by atoms with van der Waals surface area (Å²) in [7, 11) is 1.78. The van der Waals surface area contributed by atoms with Crippen molar-refractivity contribution >= 4 is 11.9 Å². The molecule has 1 atom stereocenters. The minimum atomic E-state index is 0.220. The van der Waals surface area contributed by atoms with Crippen LogP contribution in [0.5, 0.6) is 0 Å². The van der Waals surface area contributed by atoms with E-state index >= 15 is 0 Å². The SMILES string of the molecule is CCC(=O)N1CCC(NC(=NC)NCc2cccc(Cn3ccnc3C)c2)C1. The highest BCUT2D eigenvalue weighted by Crippen LogP contribution is 2.11. The van der Waals surface area contributed by atoms with Gasteiger partial charge in [-0.3, -0.25) is 9.79 Å². The normalized spacial score (nSPS) is 17.0. The highest BCUT2D eigenvalue weighted by molar-refractivity contribution is 5.80. The number of carbonyl (C=O) groups excluding carboxylic acids is 1. The Balaban J connectivity index is 1.52. The molecule has 1 saturated heterocycles. The molecule has 2 heterocycles. The molecule has 1 aromatic heterocycles. The Kier molecular flexibility index (Phi) is 6.68. The van der Waals surface area contributed by atoms with Gasteiger partial charge in [0.1, 0.15) is 5.82 Å². The van der Waals surface area contributed by atoms with E-state index in [0.29, 0.717) is 13.0 Å². The van der Waals surface area contributed by atoms with Crippen LogP contribution in [-0.4, -0.2) is 52.5 Å². The number of hydrogen-bond donors (Lipinski definition) is 2. The smallest absolute Gasteiger partial charge is 0.222 e. The fourth-order valence-corrected chi connectivity index (χ4v) is 3.51. The number of guanidine groups is 1. The number of rotatable bonds is 6. The molecule has 7 heteroatoms. The molecule has 28 heavy (non-hydrogen) atoms. The van der Waals surface area contributed by atoms with Crippen LogP contribution in [0, 0.1) is 6.92 Å². The molecule has 0 aliphatic carbocycles. The number of nitrogens with zero attached hydrogens (tertiary/aromatic N) is 4. The summed E-state index contributed by atoms with van der Waals surface area (Å²) >= 11 is 0. The standard InChI is InChI=1S/C21H30N6O/c1-4-20(28)27-10-8-19(15-27)25-21(22-3)24-13-17-6-5-7-18(12-17)14-26-11-9-23-16(26)2/h5-7,9,11-12,19H,4,8,10,13-15H2,1-3H3,(H2,22,24,25).